The van der Waals surface area contributed by atoms with E-state index in [9.17, 15) is 0 Å². The molecule has 0 spiro atoms. The van der Waals surface area contributed by atoms with E-state index in [1.54, 1.807) is 0 Å². The Morgan fingerprint density at radius 2 is 2.30 bits per heavy atom. The van der Waals surface area contributed by atoms with Crippen molar-refractivity contribution in [2.24, 2.45) is 0 Å². The number of aliphatic hydroxyl groups is 1. The largest absolute Gasteiger partial charge is 0.396 e. The molecule has 3 heteroatoms. The molecule has 0 atom stereocenters. The molecule has 0 aromatic heterocycles. The minimum absolute atomic E-state index is 0.286. The second-order valence-corrected chi connectivity index (χ2v) is 3.76. The third-order valence-electron chi connectivity index (χ3n) is 1.90. The summed E-state index contributed by atoms with van der Waals surface area (Å²) in [6, 6.07) is 0. The molecule has 0 aromatic rings. The Kier molecular flexibility index (Phi) is 3.01. The first kappa shape index (κ1) is 8.37. The standard InChI is InChI=1S/C7H15NOS/c1-2-8-7(3-4-9)5-10-6-7/h8-9H,2-6H2,1H3. The average molecular weight is 161 g/mol. The van der Waals surface area contributed by atoms with Crippen LogP contribution >= 0.6 is 11.8 Å². The zero-order valence-corrected chi connectivity index (χ0v) is 7.21. The second-order valence-electron chi connectivity index (χ2n) is 2.78. The van der Waals surface area contributed by atoms with Gasteiger partial charge in [-0.15, -0.1) is 0 Å². The Hall–Kier alpha value is 0.270. The van der Waals surface area contributed by atoms with Gasteiger partial charge < -0.3 is 10.4 Å². The quantitative estimate of drug-likeness (QED) is 0.628. The van der Waals surface area contributed by atoms with Crippen molar-refractivity contribution in [3.8, 4) is 0 Å². The van der Waals surface area contributed by atoms with E-state index in [0.717, 1.165) is 13.0 Å². The molecule has 60 valence electrons. The lowest BCUT2D eigenvalue weighted by molar-refractivity contribution is 0.232. The Labute approximate surface area is 66.4 Å². The van der Waals surface area contributed by atoms with Gasteiger partial charge in [-0.05, 0) is 13.0 Å². The van der Waals surface area contributed by atoms with Gasteiger partial charge in [-0.2, -0.15) is 11.8 Å². The van der Waals surface area contributed by atoms with Crippen LogP contribution in [-0.2, 0) is 0 Å². The average Bonchev–Trinajstić information content (AvgIpc) is 1.84. The third-order valence-corrected chi connectivity index (χ3v) is 3.41. The summed E-state index contributed by atoms with van der Waals surface area (Å²) in [4.78, 5) is 0. The molecule has 0 radical (unpaired) electrons. The maximum Gasteiger partial charge on any atom is 0.0449 e. The molecule has 1 fully saturated rings. The maximum absolute atomic E-state index is 8.74. The topological polar surface area (TPSA) is 32.3 Å². The van der Waals surface area contributed by atoms with Crippen molar-refractivity contribution in [2.75, 3.05) is 24.7 Å². The van der Waals surface area contributed by atoms with Gasteiger partial charge in [0.2, 0.25) is 0 Å². The van der Waals surface area contributed by atoms with Crippen LogP contribution in [0.5, 0.6) is 0 Å². The summed E-state index contributed by atoms with van der Waals surface area (Å²) in [6.07, 6.45) is 0.911. The third kappa shape index (κ3) is 1.65. The molecule has 2 N–H and O–H groups in total. The van der Waals surface area contributed by atoms with Crippen LogP contribution in [-0.4, -0.2) is 35.3 Å². The fourth-order valence-corrected chi connectivity index (χ4v) is 2.46. The minimum Gasteiger partial charge on any atom is -0.396 e. The molecule has 0 aliphatic carbocycles. The van der Waals surface area contributed by atoms with E-state index in [-0.39, 0.29) is 5.54 Å². The molecule has 1 rings (SSSR count). The van der Waals surface area contributed by atoms with Gasteiger partial charge in [0.25, 0.3) is 0 Å². The molecular formula is C7H15NOS. The van der Waals surface area contributed by atoms with Gasteiger partial charge in [0, 0.05) is 23.7 Å². The number of rotatable bonds is 4. The fourth-order valence-electron chi connectivity index (χ4n) is 1.27. The van der Waals surface area contributed by atoms with Gasteiger partial charge in [0.1, 0.15) is 0 Å². The van der Waals surface area contributed by atoms with E-state index in [1.165, 1.54) is 11.5 Å². The van der Waals surface area contributed by atoms with Gasteiger partial charge in [-0.3, -0.25) is 0 Å². The Morgan fingerprint density at radius 3 is 2.60 bits per heavy atom. The van der Waals surface area contributed by atoms with E-state index < -0.39 is 0 Å². The molecular weight excluding hydrogens is 146 g/mol. The number of hydrogen-bond acceptors (Lipinski definition) is 3. The monoisotopic (exact) mass is 161 g/mol. The van der Waals surface area contributed by atoms with Crippen molar-refractivity contribution in [1.82, 2.24) is 5.32 Å². The number of thioether (sulfide) groups is 1. The zero-order chi connectivity index (χ0) is 7.45. The summed E-state index contributed by atoms with van der Waals surface area (Å²) in [5, 5.41) is 12.2. The van der Waals surface area contributed by atoms with E-state index in [1.807, 2.05) is 11.8 Å². The molecule has 0 amide bonds. The highest BCUT2D eigenvalue weighted by Crippen LogP contribution is 2.31. The Bertz CT molecular complexity index is 95.8. The van der Waals surface area contributed by atoms with E-state index in [4.69, 9.17) is 5.11 Å². The summed E-state index contributed by atoms with van der Waals surface area (Å²) in [5.41, 5.74) is 0.286. The molecule has 2 nitrogen and oxygen atoms in total. The first-order chi connectivity index (χ1) is 4.83. The van der Waals surface area contributed by atoms with Crippen molar-refractivity contribution in [3.63, 3.8) is 0 Å². The molecule has 10 heavy (non-hydrogen) atoms. The van der Waals surface area contributed by atoms with Crippen molar-refractivity contribution >= 4 is 11.8 Å². The molecule has 1 saturated heterocycles. The van der Waals surface area contributed by atoms with Crippen LogP contribution in [0.2, 0.25) is 0 Å². The van der Waals surface area contributed by atoms with Gasteiger partial charge >= 0.3 is 0 Å². The van der Waals surface area contributed by atoms with Gasteiger partial charge in [-0.1, -0.05) is 6.92 Å². The van der Waals surface area contributed by atoms with Crippen LogP contribution < -0.4 is 5.32 Å². The van der Waals surface area contributed by atoms with Crippen molar-refractivity contribution in [3.05, 3.63) is 0 Å². The van der Waals surface area contributed by atoms with E-state index in [2.05, 4.69) is 12.2 Å². The van der Waals surface area contributed by atoms with Gasteiger partial charge in [0.05, 0.1) is 0 Å². The summed E-state index contributed by atoms with van der Waals surface area (Å²) in [5.74, 6) is 2.34. The zero-order valence-electron chi connectivity index (χ0n) is 6.39. The predicted molar refractivity (Wildman–Crippen MR) is 45.4 cm³/mol. The van der Waals surface area contributed by atoms with E-state index >= 15 is 0 Å². The number of nitrogens with one attached hydrogen (secondary N) is 1. The van der Waals surface area contributed by atoms with Gasteiger partial charge in [0.15, 0.2) is 0 Å². The first-order valence-corrected chi connectivity index (χ1v) is 4.92. The predicted octanol–water partition coefficient (Wildman–Crippen LogP) is 0.464. The van der Waals surface area contributed by atoms with Crippen LogP contribution in [0.4, 0.5) is 0 Å². The summed E-state index contributed by atoms with van der Waals surface area (Å²) < 4.78 is 0. The fraction of sp³-hybridized carbons (Fsp3) is 1.00. The van der Waals surface area contributed by atoms with Crippen LogP contribution in [0, 0.1) is 0 Å². The Balaban J connectivity index is 2.27. The lowest BCUT2D eigenvalue weighted by Gasteiger charge is -2.41. The highest BCUT2D eigenvalue weighted by molar-refractivity contribution is 8.00. The minimum atomic E-state index is 0.286. The SMILES string of the molecule is CCNC1(CCO)CSC1. The number of hydrogen-bond donors (Lipinski definition) is 2. The smallest absolute Gasteiger partial charge is 0.0449 e. The van der Waals surface area contributed by atoms with Crippen LogP contribution in [0.1, 0.15) is 13.3 Å². The lowest BCUT2D eigenvalue weighted by Crippen LogP contribution is -2.56. The molecule has 1 aliphatic rings. The summed E-state index contributed by atoms with van der Waals surface area (Å²) >= 11 is 1.95. The Morgan fingerprint density at radius 1 is 1.60 bits per heavy atom. The maximum atomic E-state index is 8.74. The van der Waals surface area contributed by atoms with Crippen molar-refractivity contribution < 1.29 is 5.11 Å². The lowest BCUT2D eigenvalue weighted by atomic mass is 10.00. The summed E-state index contributed by atoms with van der Waals surface area (Å²) in [7, 11) is 0. The second kappa shape index (κ2) is 3.60. The molecule has 0 unspecified atom stereocenters. The molecule has 0 bridgehead atoms. The first-order valence-electron chi connectivity index (χ1n) is 3.76. The highest BCUT2D eigenvalue weighted by Gasteiger charge is 2.35. The van der Waals surface area contributed by atoms with Crippen LogP contribution in [0.15, 0.2) is 0 Å². The molecule has 1 heterocycles. The van der Waals surface area contributed by atoms with Gasteiger partial charge in [-0.25, -0.2) is 0 Å². The van der Waals surface area contributed by atoms with Crippen LogP contribution in [0.25, 0.3) is 0 Å². The van der Waals surface area contributed by atoms with E-state index in [0.29, 0.717) is 6.61 Å². The number of aliphatic hydroxyl groups excluding tert-OH is 1. The van der Waals surface area contributed by atoms with Crippen molar-refractivity contribution in [1.29, 1.82) is 0 Å². The van der Waals surface area contributed by atoms with Crippen LogP contribution in [0.3, 0.4) is 0 Å². The molecule has 0 saturated carbocycles. The van der Waals surface area contributed by atoms with Crippen molar-refractivity contribution in [2.45, 2.75) is 18.9 Å². The normalized spacial score (nSPS) is 22.2. The highest BCUT2D eigenvalue weighted by atomic mass is 32.2. The molecule has 1 aliphatic heterocycles. The molecule has 0 aromatic carbocycles. The summed E-state index contributed by atoms with van der Waals surface area (Å²) in [6.45, 7) is 3.44.